The Morgan fingerprint density at radius 2 is 2.16 bits per heavy atom. The summed E-state index contributed by atoms with van der Waals surface area (Å²) in [4.78, 5) is 13.6. The molecule has 1 amide bonds. The SMILES string of the molecule is CC(N)C1CCN(C(=O)c2cc(F)ccc2F)C1.Cl. The van der Waals surface area contributed by atoms with Crippen LogP contribution in [0.3, 0.4) is 0 Å². The second-order valence-electron chi connectivity index (χ2n) is 4.78. The Labute approximate surface area is 117 Å². The molecule has 0 bridgehead atoms. The molecule has 2 N–H and O–H groups in total. The highest BCUT2D eigenvalue weighted by Crippen LogP contribution is 2.22. The summed E-state index contributed by atoms with van der Waals surface area (Å²) in [7, 11) is 0. The summed E-state index contributed by atoms with van der Waals surface area (Å²) < 4.78 is 26.5. The van der Waals surface area contributed by atoms with Crippen LogP contribution in [-0.2, 0) is 0 Å². The largest absolute Gasteiger partial charge is 0.338 e. The summed E-state index contributed by atoms with van der Waals surface area (Å²) in [5, 5.41) is 0. The number of hydrogen-bond donors (Lipinski definition) is 1. The zero-order valence-electron chi connectivity index (χ0n) is 10.6. The molecule has 0 saturated carbocycles. The number of halogens is 3. The van der Waals surface area contributed by atoms with Crippen LogP contribution in [0.2, 0.25) is 0 Å². The fourth-order valence-electron chi connectivity index (χ4n) is 2.23. The molecule has 6 heteroatoms. The Bertz CT molecular complexity index is 468. The monoisotopic (exact) mass is 290 g/mol. The van der Waals surface area contributed by atoms with E-state index in [1.54, 1.807) is 0 Å². The molecule has 2 atom stereocenters. The standard InChI is InChI=1S/C13H16F2N2O.ClH/c1-8(16)9-4-5-17(7-9)13(18)11-6-10(14)2-3-12(11)15;/h2-3,6,8-9H,4-5,7,16H2,1H3;1H. The minimum absolute atomic E-state index is 0. The highest BCUT2D eigenvalue weighted by atomic mass is 35.5. The highest BCUT2D eigenvalue weighted by Gasteiger charge is 2.30. The Morgan fingerprint density at radius 1 is 1.47 bits per heavy atom. The summed E-state index contributed by atoms with van der Waals surface area (Å²) >= 11 is 0. The molecular formula is C13H17ClF2N2O. The molecule has 2 rings (SSSR count). The maximum absolute atomic E-state index is 13.5. The molecule has 0 spiro atoms. The Morgan fingerprint density at radius 3 is 2.74 bits per heavy atom. The predicted molar refractivity (Wildman–Crippen MR) is 71.3 cm³/mol. The van der Waals surface area contributed by atoms with Gasteiger partial charge in [0.1, 0.15) is 11.6 Å². The number of nitrogens with zero attached hydrogens (tertiary/aromatic N) is 1. The van der Waals surface area contributed by atoms with Gasteiger partial charge in [0.05, 0.1) is 5.56 Å². The number of rotatable bonds is 2. The van der Waals surface area contributed by atoms with Crippen LogP contribution in [0.4, 0.5) is 8.78 Å². The van der Waals surface area contributed by atoms with Crippen molar-refractivity contribution in [1.82, 2.24) is 4.90 Å². The Hall–Kier alpha value is -1.20. The second kappa shape index (κ2) is 6.30. The van der Waals surface area contributed by atoms with E-state index in [0.717, 1.165) is 24.6 Å². The number of amides is 1. The smallest absolute Gasteiger partial charge is 0.256 e. The van der Waals surface area contributed by atoms with Crippen molar-refractivity contribution in [1.29, 1.82) is 0 Å². The van der Waals surface area contributed by atoms with Gasteiger partial charge in [-0.2, -0.15) is 0 Å². The first-order chi connectivity index (χ1) is 8.49. The minimum atomic E-state index is -0.689. The van der Waals surface area contributed by atoms with Crippen molar-refractivity contribution in [3.8, 4) is 0 Å². The average molecular weight is 291 g/mol. The number of carbonyl (C=O) groups is 1. The quantitative estimate of drug-likeness (QED) is 0.907. The van der Waals surface area contributed by atoms with E-state index in [9.17, 15) is 13.6 Å². The van der Waals surface area contributed by atoms with E-state index >= 15 is 0 Å². The summed E-state index contributed by atoms with van der Waals surface area (Å²) in [6.45, 7) is 2.94. The average Bonchev–Trinajstić information content (AvgIpc) is 2.81. The Balaban J connectivity index is 0.00000180. The third kappa shape index (κ3) is 3.42. The van der Waals surface area contributed by atoms with Crippen molar-refractivity contribution >= 4 is 18.3 Å². The van der Waals surface area contributed by atoms with Gasteiger partial charge in [-0.25, -0.2) is 8.78 Å². The van der Waals surface area contributed by atoms with Gasteiger partial charge in [0.15, 0.2) is 0 Å². The van der Waals surface area contributed by atoms with Crippen LogP contribution in [0, 0.1) is 17.6 Å². The molecule has 1 aromatic carbocycles. The summed E-state index contributed by atoms with van der Waals surface area (Å²) in [6.07, 6.45) is 0.806. The van der Waals surface area contributed by atoms with Gasteiger partial charge in [-0.1, -0.05) is 0 Å². The highest BCUT2D eigenvalue weighted by molar-refractivity contribution is 5.94. The van der Waals surface area contributed by atoms with Crippen molar-refractivity contribution in [3.05, 3.63) is 35.4 Å². The molecule has 1 fully saturated rings. The molecule has 1 heterocycles. The van der Waals surface area contributed by atoms with Gasteiger partial charge in [0, 0.05) is 19.1 Å². The van der Waals surface area contributed by atoms with Crippen LogP contribution >= 0.6 is 12.4 Å². The van der Waals surface area contributed by atoms with Gasteiger partial charge in [0.25, 0.3) is 5.91 Å². The van der Waals surface area contributed by atoms with Gasteiger partial charge in [-0.05, 0) is 37.5 Å². The molecule has 1 saturated heterocycles. The number of hydrogen-bond acceptors (Lipinski definition) is 2. The zero-order valence-corrected chi connectivity index (χ0v) is 11.4. The second-order valence-corrected chi connectivity index (χ2v) is 4.78. The van der Waals surface area contributed by atoms with E-state index in [1.165, 1.54) is 4.90 Å². The molecule has 3 nitrogen and oxygen atoms in total. The number of nitrogens with two attached hydrogens (primary N) is 1. The maximum Gasteiger partial charge on any atom is 0.256 e. The molecule has 0 aliphatic carbocycles. The topological polar surface area (TPSA) is 46.3 Å². The van der Waals surface area contributed by atoms with Gasteiger partial charge < -0.3 is 10.6 Å². The molecule has 0 radical (unpaired) electrons. The number of likely N-dealkylation sites (tertiary alicyclic amines) is 1. The lowest BCUT2D eigenvalue weighted by Gasteiger charge is -2.18. The van der Waals surface area contributed by atoms with Crippen LogP contribution in [0.15, 0.2) is 18.2 Å². The van der Waals surface area contributed by atoms with Crippen molar-refractivity contribution in [2.45, 2.75) is 19.4 Å². The molecular weight excluding hydrogens is 274 g/mol. The summed E-state index contributed by atoms with van der Waals surface area (Å²) in [6, 6.07) is 2.92. The molecule has 1 aromatic rings. The molecule has 0 aromatic heterocycles. The van der Waals surface area contributed by atoms with Crippen molar-refractivity contribution in [2.24, 2.45) is 11.7 Å². The number of benzene rings is 1. The summed E-state index contributed by atoms with van der Waals surface area (Å²) in [5.74, 6) is -1.53. The normalized spacial score (nSPS) is 20.0. The van der Waals surface area contributed by atoms with E-state index < -0.39 is 17.5 Å². The summed E-state index contributed by atoms with van der Waals surface area (Å²) in [5.41, 5.74) is 5.57. The van der Waals surface area contributed by atoms with Crippen LogP contribution in [0.5, 0.6) is 0 Å². The fourth-order valence-corrected chi connectivity index (χ4v) is 2.23. The fraction of sp³-hybridized carbons (Fsp3) is 0.462. The van der Waals surface area contributed by atoms with E-state index in [2.05, 4.69) is 0 Å². The van der Waals surface area contributed by atoms with Crippen LogP contribution in [0.25, 0.3) is 0 Å². The molecule has 106 valence electrons. The lowest BCUT2D eigenvalue weighted by Crippen LogP contribution is -2.33. The molecule has 2 unspecified atom stereocenters. The van der Waals surface area contributed by atoms with Crippen molar-refractivity contribution in [2.75, 3.05) is 13.1 Å². The van der Waals surface area contributed by atoms with Crippen LogP contribution in [-0.4, -0.2) is 29.9 Å². The van der Waals surface area contributed by atoms with Gasteiger partial charge >= 0.3 is 0 Å². The van der Waals surface area contributed by atoms with Crippen molar-refractivity contribution < 1.29 is 13.6 Å². The Kier molecular flexibility index (Phi) is 5.26. The third-order valence-electron chi connectivity index (χ3n) is 3.41. The van der Waals surface area contributed by atoms with Gasteiger partial charge in [-0.3, -0.25) is 4.79 Å². The maximum atomic E-state index is 13.5. The van der Waals surface area contributed by atoms with E-state index in [4.69, 9.17) is 5.73 Å². The molecule has 19 heavy (non-hydrogen) atoms. The van der Waals surface area contributed by atoms with Crippen molar-refractivity contribution in [3.63, 3.8) is 0 Å². The zero-order chi connectivity index (χ0) is 13.3. The number of carbonyl (C=O) groups excluding carboxylic acids is 1. The first-order valence-electron chi connectivity index (χ1n) is 5.99. The third-order valence-corrected chi connectivity index (χ3v) is 3.41. The van der Waals surface area contributed by atoms with Crippen LogP contribution in [0.1, 0.15) is 23.7 Å². The lowest BCUT2D eigenvalue weighted by atomic mass is 10.0. The van der Waals surface area contributed by atoms with Gasteiger partial charge in [0.2, 0.25) is 0 Å². The molecule has 1 aliphatic rings. The lowest BCUT2D eigenvalue weighted by molar-refractivity contribution is 0.0780. The van der Waals surface area contributed by atoms with Gasteiger partial charge in [-0.15, -0.1) is 12.4 Å². The molecule has 1 aliphatic heterocycles. The first-order valence-corrected chi connectivity index (χ1v) is 5.99. The van der Waals surface area contributed by atoms with E-state index in [1.807, 2.05) is 6.92 Å². The van der Waals surface area contributed by atoms with E-state index in [0.29, 0.717) is 13.1 Å². The predicted octanol–water partition coefficient (Wildman–Crippen LogP) is 2.20. The van der Waals surface area contributed by atoms with Crippen LogP contribution < -0.4 is 5.73 Å². The van der Waals surface area contributed by atoms with E-state index in [-0.39, 0.29) is 29.9 Å². The first kappa shape index (κ1) is 15.9. The minimum Gasteiger partial charge on any atom is -0.338 e.